The molecule has 0 saturated heterocycles. The van der Waals surface area contributed by atoms with Gasteiger partial charge in [-0.3, -0.25) is 9.59 Å². The van der Waals surface area contributed by atoms with Crippen molar-refractivity contribution in [2.24, 2.45) is 0 Å². The summed E-state index contributed by atoms with van der Waals surface area (Å²) in [6.45, 7) is 0.463. The third-order valence-corrected chi connectivity index (χ3v) is 2.96. The Morgan fingerprint density at radius 3 is 2.89 bits per heavy atom. The first kappa shape index (κ1) is 12.6. The number of halogens is 1. The number of carbonyl (C=O) groups is 1. The minimum atomic E-state index is -0.282. The lowest BCUT2D eigenvalue weighted by molar-refractivity contribution is -0.140. The van der Waals surface area contributed by atoms with Gasteiger partial charge in [0.2, 0.25) is 0 Å². The van der Waals surface area contributed by atoms with Crippen LogP contribution >= 0.6 is 11.6 Å². The van der Waals surface area contributed by atoms with Gasteiger partial charge in [0, 0.05) is 29.2 Å². The van der Waals surface area contributed by atoms with Gasteiger partial charge in [0.25, 0.3) is 0 Å². The van der Waals surface area contributed by atoms with Crippen LogP contribution < -0.4 is 5.43 Å². The summed E-state index contributed by atoms with van der Waals surface area (Å²) < 4.78 is 6.43. The quantitative estimate of drug-likeness (QED) is 0.800. The number of carbonyl (C=O) groups excluding carboxylic acids is 1. The van der Waals surface area contributed by atoms with Crippen molar-refractivity contribution in [2.45, 2.75) is 13.0 Å². The Morgan fingerprint density at radius 1 is 1.39 bits per heavy atom. The molecule has 0 saturated carbocycles. The van der Waals surface area contributed by atoms with Gasteiger partial charge < -0.3 is 9.30 Å². The number of nitrogens with zero attached hydrogens (tertiary/aromatic N) is 1. The van der Waals surface area contributed by atoms with Gasteiger partial charge in [-0.1, -0.05) is 11.6 Å². The van der Waals surface area contributed by atoms with Gasteiger partial charge in [-0.25, -0.2) is 0 Å². The average molecular weight is 266 g/mol. The highest BCUT2D eigenvalue weighted by atomic mass is 35.5. The number of aryl methyl sites for hydroxylation is 1. The molecule has 0 fully saturated rings. The molecule has 0 unspecified atom stereocenters. The summed E-state index contributed by atoms with van der Waals surface area (Å²) >= 11 is 5.87. The van der Waals surface area contributed by atoms with E-state index in [0.29, 0.717) is 17.0 Å². The van der Waals surface area contributed by atoms with Gasteiger partial charge in [0.1, 0.15) is 0 Å². The molecule has 1 heterocycles. The largest absolute Gasteiger partial charge is 0.469 e. The van der Waals surface area contributed by atoms with Crippen LogP contribution in [0.2, 0.25) is 5.02 Å². The van der Waals surface area contributed by atoms with E-state index >= 15 is 0 Å². The van der Waals surface area contributed by atoms with Gasteiger partial charge in [-0.05, 0) is 18.2 Å². The summed E-state index contributed by atoms with van der Waals surface area (Å²) in [5.41, 5.74) is 0.678. The molecule has 1 aromatic carbocycles. The Bertz CT molecular complexity index is 648. The summed E-state index contributed by atoms with van der Waals surface area (Å²) in [6.07, 6.45) is 1.93. The van der Waals surface area contributed by atoms with E-state index in [2.05, 4.69) is 4.74 Å². The van der Waals surface area contributed by atoms with Gasteiger partial charge >= 0.3 is 5.97 Å². The van der Waals surface area contributed by atoms with E-state index in [4.69, 9.17) is 11.6 Å². The highest BCUT2D eigenvalue weighted by Gasteiger charge is 2.06. The summed E-state index contributed by atoms with van der Waals surface area (Å²) in [5.74, 6) is -0.282. The predicted molar refractivity (Wildman–Crippen MR) is 69.9 cm³/mol. The van der Waals surface area contributed by atoms with Crippen LogP contribution in [0, 0.1) is 0 Å². The van der Waals surface area contributed by atoms with Gasteiger partial charge in [0.15, 0.2) is 5.43 Å². The number of rotatable bonds is 3. The van der Waals surface area contributed by atoms with Crippen molar-refractivity contribution in [2.75, 3.05) is 7.11 Å². The molecule has 18 heavy (non-hydrogen) atoms. The Morgan fingerprint density at radius 2 is 2.17 bits per heavy atom. The van der Waals surface area contributed by atoms with Crippen molar-refractivity contribution in [1.82, 2.24) is 4.57 Å². The Balaban J connectivity index is 2.43. The fourth-order valence-electron chi connectivity index (χ4n) is 1.79. The number of aromatic nitrogens is 1. The molecule has 0 aliphatic heterocycles. The van der Waals surface area contributed by atoms with E-state index in [1.54, 1.807) is 24.4 Å². The van der Waals surface area contributed by atoms with E-state index < -0.39 is 0 Å². The number of methoxy groups -OCH3 is 1. The summed E-state index contributed by atoms with van der Waals surface area (Å²) in [5, 5.41) is 1.07. The van der Waals surface area contributed by atoms with Crippen LogP contribution in [0.5, 0.6) is 0 Å². The molecular weight excluding hydrogens is 254 g/mol. The molecule has 0 atom stereocenters. The molecule has 0 bridgehead atoms. The van der Waals surface area contributed by atoms with E-state index in [1.165, 1.54) is 13.2 Å². The van der Waals surface area contributed by atoms with E-state index in [0.717, 1.165) is 5.52 Å². The third kappa shape index (κ3) is 2.54. The maximum atomic E-state index is 11.7. The van der Waals surface area contributed by atoms with Crippen LogP contribution in [0.25, 0.3) is 10.9 Å². The minimum Gasteiger partial charge on any atom is -0.469 e. The molecule has 0 spiro atoms. The molecule has 5 heteroatoms. The lowest BCUT2D eigenvalue weighted by atomic mass is 10.2. The summed E-state index contributed by atoms with van der Waals surface area (Å²) in [4.78, 5) is 22.8. The lowest BCUT2D eigenvalue weighted by Gasteiger charge is -2.09. The number of benzene rings is 1. The fourth-order valence-corrected chi connectivity index (χ4v) is 1.96. The molecule has 94 valence electrons. The number of hydrogen-bond acceptors (Lipinski definition) is 3. The molecule has 2 aromatic rings. The molecule has 0 amide bonds. The van der Waals surface area contributed by atoms with E-state index in [9.17, 15) is 9.59 Å². The number of ether oxygens (including phenoxy) is 1. The zero-order chi connectivity index (χ0) is 13.1. The predicted octanol–water partition coefficient (Wildman–Crippen LogP) is 2.22. The van der Waals surface area contributed by atoms with Gasteiger partial charge in [0.05, 0.1) is 19.0 Å². The van der Waals surface area contributed by atoms with E-state index in [1.807, 2.05) is 4.57 Å². The van der Waals surface area contributed by atoms with Crippen molar-refractivity contribution < 1.29 is 9.53 Å². The summed E-state index contributed by atoms with van der Waals surface area (Å²) in [7, 11) is 1.35. The molecular formula is C13H12ClNO3. The molecule has 0 aliphatic carbocycles. The second-order valence-corrected chi connectivity index (χ2v) is 4.30. The molecule has 0 N–H and O–H groups in total. The van der Waals surface area contributed by atoms with E-state index in [-0.39, 0.29) is 17.8 Å². The zero-order valence-electron chi connectivity index (χ0n) is 9.85. The van der Waals surface area contributed by atoms with Crippen LogP contribution in [0.3, 0.4) is 0 Å². The molecule has 2 rings (SSSR count). The van der Waals surface area contributed by atoms with Crippen LogP contribution in [-0.4, -0.2) is 17.6 Å². The average Bonchev–Trinajstić information content (AvgIpc) is 2.38. The molecule has 1 aromatic heterocycles. The van der Waals surface area contributed by atoms with Crippen LogP contribution in [0.4, 0.5) is 0 Å². The normalized spacial score (nSPS) is 10.6. The van der Waals surface area contributed by atoms with Crippen molar-refractivity contribution in [3.8, 4) is 0 Å². The number of esters is 1. The summed E-state index contributed by atoms with van der Waals surface area (Å²) in [6, 6.07) is 6.60. The highest BCUT2D eigenvalue weighted by Crippen LogP contribution is 2.16. The highest BCUT2D eigenvalue weighted by molar-refractivity contribution is 6.31. The lowest BCUT2D eigenvalue weighted by Crippen LogP contribution is -2.11. The second-order valence-electron chi connectivity index (χ2n) is 3.86. The Hall–Kier alpha value is -1.81. The number of fused-ring (bicyclic) bond motifs is 1. The maximum Gasteiger partial charge on any atom is 0.307 e. The van der Waals surface area contributed by atoms with Crippen LogP contribution in [0.15, 0.2) is 35.3 Å². The first-order valence-corrected chi connectivity index (χ1v) is 5.85. The minimum absolute atomic E-state index is 0.0816. The zero-order valence-corrected chi connectivity index (χ0v) is 10.6. The molecule has 0 aliphatic rings. The molecule has 4 nitrogen and oxygen atoms in total. The number of hydrogen-bond donors (Lipinski definition) is 0. The third-order valence-electron chi connectivity index (χ3n) is 2.72. The number of pyridine rings is 1. The second kappa shape index (κ2) is 5.23. The van der Waals surface area contributed by atoms with Crippen LogP contribution in [-0.2, 0) is 16.1 Å². The smallest absolute Gasteiger partial charge is 0.307 e. The maximum absolute atomic E-state index is 11.7. The van der Waals surface area contributed by atoms with Gasteiger partial charge in [-0.2, -0.15) is 0 Å². The van der Waals surface area contributed by atoms with Crippen molar-refractivity contribution in [1.29, 1.82) is 0 Å². The molecule has 0 radical (unpaired) electrons. The van der Waals surface area contributed by atoms with Crippen molar-refractivity contribution >= 4 is 28.5 Å². The van der Waals surface area contributed by atoms with Crippen molar-refractivity contribution in [3.63, 3.8) is 0 Å². The standard InChI is InChI=1S/C13H12ClNO3/c1-18-13(17)5-7-15-6-4-12(16)10-8-9(14)2-3-11(10)15/h2-4,6,8H,5,7H2,1H3. The first-order valence-electron chi connectivity index (χ1n) is 5.47. The Labute approximate surface area is 109 Å². The first-order chi connectivity index (χ1) is 8.61. The topological polar surface area (TPSA) is 48.3 Å². The van der Waals surface area contributed by atoms with Gasteiger partial charge in [-0.15, -0.1) is 0 Å². The fraction of sp³-hybridized carbons (Fsp3) is 0.231. The van der Waals surface area contributed by atoms with Crippen molar-refractivity contribution in [3.05, 3.63) is 45.7 Å². The van der Waals surface area contributed by atoms with Crippen LogP contribution in [0.1, 0.15) is 6.42 Å². The monoisotopic (exact) mass is 265 g/mol. The SMILES string of the molecule is COC(=O)CCn1ccc(=O)c2cc(Cl)ccc21. The Kier molecular flexibility index (Phi) is 3.67.